The number of methoxy groups -OCH3 is 1. The lowest BCUT2D eigenvalue weighted by atomic mass is 10.1. The summed E-state index contributed by atoms with van der Waals surface area (Å²) in [6.07, 6.45) is 3.66. The molecule has 1 atom stereocenters. The average Bonchev–Trinajstić information content (AvgIpc) is 3.39. The molecule has 1 aromatic heterocycles. The number of aryl methyl sites for hydroxylation is 1. The Hall–Kier alpha value is -3.22. The van der Waals surface area contributed by atoms with Gasteiger partial charge in [-0.25, -0.2) is 4.39 Å². The molecule has 6 nitrogen and oxygen atoms in total. The minimum Gasteiger partial charge on any atom is -0.494 e. The van der Waals surface area contributed by atoms with Crippen molar-refractivity contribution in [1.29, 1.82) is 0 Å². The molecule has 1 amide bonds. The first kappa shape index (κ1) is 20.1. The highest BCUT2D eigenvalue weighted by Crippen LogP contribution is 2.32. The zero-order valence-corrected chi connectivity index (χ0v) is 17.1. The molecule has 1 aliphatic heterocycles. The van der Waals surface area contributed by atoms with Gasteiger partial charge >= 0.3 is 0 Å². The highest BCUT2D eigenvalue weighted by Gasteiger charge is 2.35. The molecule has 0 bridgehead atoms. The van der Waals surface area contributed by atoms with E-state index in [1.54, 1.807) is 11.0 Å². The molecule has 30 heavy (non-hydrogen) atoms. The van der Waals surface area contributed by atoms with Crippen LogP contribution >= 0.6 is 0 Å². The fourth-order valence-corrected chi connectivity index (χ4v) is 3.67. The Kier molecular flexibility index (Phi) is 5.79. The molecule has 2 heterocycles. The lowest BCUT2D eigenvalue weighted by Gasteiger charge is -2.16. The Balaban J connectivity index is 1.47. The second kappa shape index (κ2) is 8.65. The van der Waals surface area contributed by atoms with E-state index in [0.29, 0.717) is 24.4 Å². The van der Waals surface area contributed by atoms with Crippen molar-refractivity contribution >= 4 is 11.6 Å². The number of halogens is 1. The van der Waals surface area contributed by atoms with Gasteiger partial charge in [-0.05, 0) is 48.7 Å². The van der Waals surface area contributed by atoms with E-state index in [-0.39, 0.29) is 23.4 Å². The summed E-state index contributed by atoms with van der Waals surface area (Å²) in [6.45, 7) is 2.65. The Morgan fingerprint density at radius 1 is 1.23 bits per heavy atom. The molecule has 1 aliphatic rings. The van der Waals surface area contributed by atoms with Crippen molar-refractivity contribution in [3.05, 3.63) is 59.7 Å². The standard InChI is InChI=1S/C23H24FN3O3/c1-3-4-5-15-6-9-18(10-7-15)27-14-17(13-21(27)28)23-25-22(26-30-23)16-8-11-20(29-2)19(24)12-16/h6-12,17H,3-5,13-14H2,1-2H3. The van der Waals surface area contributed by atoms with Crippen LogP contribution in [0.2, 0.25) is 0 Å². The molecule has 7 heteroatoms. The summed E-state index contributed by atoms with van der Waals surface area (Å²) >= 11 is 0. The molecule has 2 aromatic carbocycles. The van der Waals surface area contributed by atoms with Crippen molar-refractivity contribution in [3.63, 3.8) is 0 Å². The van der Waals surface area contributed by atoms with Crippen molar-refractivity contribution in [1.82, 2.24) is 10.1 Å². The summed E-state index contributed by atoms with van der Waals surface area (Å²) in [5.41, 5.74) is 2.64. The first-order valence-corrected chi connectivity index (χ1v) is 10.2. The molecule has 0 N–H and O–H groups in total. The quantitative estimate of drug-likeness (QED) is 0.563. The van der Waals surface area contributed by atoms with Gasteiger partial charge in [0.2, 0.25) is 17.6 Å². The number of amides is 1. The van der Waals surface area contributed by atoms with Crippen LogP contribution in [0.15, 0.2) is 47.0 Å². The molecule has 3 aromatic rings. The van der Waals surface area contributed by atoms with Crippen LogP contribution in [0.5, 0.6) is 5.75 Å². The lowest BCUT2D eigenvalue weighted by Crippen LogP contribution is -2.24. The Morgan fingerprint density at radius 2 is 2.03 bits per heavy atom. The highest BCUT2D eigenvalue weighted by atomic mass is 19.1. The molecule has 1 saturated heterocycles. The minimum absolute atomic E-state index is 0.0246. The first-order chi connectivity index (χ1) is 14.6. The summed E-state index contributed by atoms with van der Waals surface area (Å²) in [5.74, 6) is 0.165. The van der Waals surface area contributed by atoms with Gasteiger partial charge in [0.05, 0.1) is 13.0 Å². The van der Waals surface area contributed by atoms with Crippen LogP contribution in [0.1, 0.15) is 43.6 Å². The second-order valence-electron chi connectivity index (χ2n) is 7.48. The van der Waals surface area contributed by atoms with E-state index in [0.717, 1.165) is 24.9 Å². The van der Waals surface area contributed by atoms with Crippen molar-refractivity contribution in [2.45, 2.75) is 38.5 Å². The molecule has 156 valence electrons. The fourth-order valence-electron chi connectivity index (χ4n) is 3.67. The third-order valence-electron chi connectivity index (χ3n) is 5.39. The van der Waals surface area contributed by atoms with Crippen LogP contribution in [0.4, 0.5) is 10.1 Å². The van der Waals surface area contributed by atoms with Gasteiger partial charge in [-0.15, -0.1) is 0 Å². The van der Waals surface area contributed by atoms with Crippen LogP contribution < -0.4 is 9.64 Å². The number of hydrogen-bond acceptors (Lipinski definition) is 5. The van der Waals surface area contributed by atoms with Gasteiger partial charge in [-0.3, -0.25) is 4.79 Å². The molecule has 0 radical (unpaired) electrons. The van der Waals surface area contributed by atoms with Gasteiger partial charge in [-0.2, -0.15) is 4.98 Å². The van der Waals surface area contributed by atoms with Crippen molar-refractivity contribution in [2.24, 2.45) is 0 Å². The number of benzene rings is 2. The Bertz CT molecular complexity index is 1030. The third-order valence-corrected chi connectivity index (χ3v) is 5.39. The smallest absolute Gasteiger partial charge is 0.232 e. The van der Waals surface area contributed by atoms with E-state index in [1.807, 2.05) is 12.1 Å². The van der Waals surface area contributed by atoms with Crippen LogP contribution in [-0.2, 0) is 11.2 Å². The van der Waals surface area contributed by atoms with Crippen LogP contribution in [0, 0.1) is 5.82 Å². The predicted molar refractivity (Wildman–Crippen MR) is 111 cm³/mol. The number of carbonyl (C=O) groups excluding carboxylic acids is 1. The van der Waals surface area contributed by atoms with Gasteiger partial charge in [0.25, 0.3) is 0 Å². The fraction of sp³-hybridized carbons (Fsp3) is 0.348. The number of anilines is 1. The van der Waals surface area contributed by atoms with Crippen LogP contribution in [-0.4, -0.2) is 29.7 Å². The minimum atomic E-state index is -0.494. The molecule has 0 saturated carbocycles. The van der Waals surface area contributed by atoms with E-state index < -0.39 is 5.82 Å². The number of carbonyl (C=O) groups is 1. The number of rotatable bonds is 7. The molecule has 0 spiro atoms. The van der Waals surface area contributed by atoms with Gasteiger partial charge in [0.1, 0.15) is 0 Å². The number of unbranched alkanes of at least 4 members (excludes halogenated alkanes) is 1. The van der Waals surface area contributed by atoms with E-state index in [2.05, 4.69) is 29.2 Å². The number of aromatic nitrogens is 2. The van der Waals surface area contributed by atoms with Gasteiger partial charge in [0.15, 0.2) is 11.6 Å². The summed E-state index contributed by atoms with van der Waals surface area (Å²) in [6, 6.07) is 12.6. The van der Waals surface area contributed by atoms with Crippen LogP contribution in [0.25, 0.3) is 11.4 Å². The maximum Gasteiger partial charge on any atom is 0.232 e. The van der Waals surface area contributed by atoms with E-state index in [4.69, 9.17) is 9.26 Å². The van der Waals surface area contributed by atoms with Crippen molar-refractivity contribution in [2.75, 3.05) is 18.6 Å². The molecule has 1 unspecified atom stereocenters. The zero-order valence-electron chi connectivity index (χ0n) is 17.1. The summed E-state index contributed by atoms with van der Waals surface area (Å²) in [4.78, 5) is 18.7. The zero-order chi connectivity index (χ0) is 21.1. The first-order valence-electron chi connectivity index (χ1n) is 10.2. The van der Waals surface area contributed by atoms with Gasteiger partial charge in [0, 0.05) is 24.2 Å². The van der Waals surface area contributed by atoms with Crippen molar-refractivity contribution < 1.29 is 18.4 Å². The normalized spacial score (nSPS) is 16.3. The predicted octanol–water partition coefficient (Wildman–Crippen LogP) is 4.75. The van der Waals surface area contributed by atoms with Gasteiger partial charge < -0.3 is 14.2 Å². The molecular formula is C23H24FN3O3. The third kappa shape index (κ3) is 4.06. The average molecular weight is 409 g/mol. The Morgan fingerprint density at radius 3 is 2.73 bits per heavy atom. The number of hydrogen-bond donors (Lipinski definition) is 0. The summed E-state index contributed by atoms with van der Waals surface area (Å²) < 4.78 is 24.3. The number of ether oxygens (including phenoxy) is 1. The maximum absolute atomic E-state index is 14.0. The monoisotopic (exact) mass is 409 g/mol. The topological polar surface area (TPSA) is 68.5 Å². The van der Waals surface area contributed by atoms with Crippen molar-refractivity contribution in [3.8, 4) is 17.1 Å². The molecule has 4 rings (SSSR count). The van der Waals surface area contributed by atoms with Gasteiger partial charge in [-0.1, -0.05) is 30.6 Å². The van der Waals surface area contributed by atoms with Crippen LogP contribution in [0.3, 0.4) is 0 Å². The maximum atomic E-state index is 14.0. The SMILES string of the molecule is CCCCc1ccc(N2CC(c3nc(-c4ccc(OC)c(F)c4)no3)CC2=O)cc1. The van der Waals surface area contributed by atoms with E-state index in [1.165, 1.54) is 24.8 Å². The largest absolute Gasteiger partial charge is 0.494 e. The molecule has 0 aliphatic carbocycles. The van der Waals surface area contributed by atoms with E-state index >= 15 is 0 Å². The lowest BCUT2D eigenvalue weighted by molar-refractivity contribution is -0.117. The molecule has 1 fully saturated rings. The summed E-state index contributed by atoms with van der Waals surface area (Å²) in [5, 5.41) is 3.97. The highest BCUT2D eigenvalue weighted by molar-refractivity contribution is 5.96. The number of nitrogens with zero attached hydrogens (tertiary/aromatic N) is 3. The summed E-state index contributed by atoms with van der Waals surface area (Å²) in [7, 11) is 1.41. The van der Waals surface area contributed by atoms with E-state index in [9.17, 15) is 9.18 Å². The second-order valence-corrected chi connectivity index (χ2v) is 7.48. The Labute approximate surface area is 174 Å². The molecular weight excluding hydrogens is 385 g/mol.